The molecule has 1 saturated heterocycles. The van der Waals surface area contributed by atoms with Crippen molar-refractivity contribution < 1.29 is 22.7 Å². The van der Waals surface area contributed by atoms with Gasteiger partial charge >= 0.3 is 6.18 Å². The summed E-state index contributed by atoms with van der Waals surface area (Å²) >= 11 is 0. The van der Waals surface area contributed by atoms with Crippen molar-refractivity contribution in [2.45, 2.75) is 25.6 Å². The molecule has 1 aromatic carbocycles. The predicted molar refractivity (Wildman–Crippen MR) is 102 cm³/mol. The van der Waals surface area contributed by atoms with Gasteiger partial charge in [0.1, 0.15) is 6.10 Å². The van der Waals surface area contributed by atoms with Crippen LogP contribution in [-0.2, 0) is 6.18 Å². The molecule has 3 heterocycles. The highest BCUT2D eigenvalue weighted by Gasteiger charge is 2.33. The quantitative estimate of drug-likeness (QED) is 0.648. The van der Waals surface area contributed by atoms with E-state index in [-0.39, 0.29) is 18.3 Å². The molecule has 0 spiro atoms. The zero-order chi connectivity index (χ0) is 21.3. The van der Waals surface area contributed by atoms with Crippen LogP contribution < -0.4 is 4.74 Å². The number of likely N-dealkylation sites (tertiary alicyclic amines) is 1. The number of pyridine rings is 1. The normalized spacial score (nSPS) is 16.7. The maximum absolute atomic E-state index is 12.9. The van der Waals surface area contributed by atoms with E-state index in [0.29, 0.717) is 18.5 Å². The Morgan fingerprint density at radius 2 is 1.97 bits per heavy atom. The third-order valence-corrected chi connectivity index (χ3v) is 5.02. The van der Waals surface area contributed by atoms with Crippen molar-refractivity contribution in [2.75, 3.05) is 13.1 Å². The highest BCUT2D eigenvalue weighted by Crippen LogP contribution is 2.31. The van der Waals surface area contributed by atoms with Crippen molar-refractivity contribution in [3.8, 4) is 11.6 Å². The molecule has 1 aliphatic heterocycles. The van der Waals surface area contributed by atoms with Crippen LogP contribution in [-0.4, -0.2) is 44.8 Å². The van der Waals surface area contributed by atoms with Gasteiger partial charge in [-0.1, -0.05) is 18.2 Å². The lowest BCUT2D eigenvalue weighted by molar-refractivity contribution is -0.137. The van der Waals surface area contributed by atoms with Gasteiger partial charge in [0, 0.05) is 25.2 Å². The third kappa shape index (κ3) is 4.00. The maximum atomic E-state index is 12.9. The van der Waals surface area contributed by atoms with Crippen molar-refractivity contribution in [1.82, 2.24) is 19.7 Å². The Balaban J connectivity index is 1.44. The number of rotatable bonds is 4. The smallest absolute Gasteiger partial charge is 0.416 e. The number of benzene rings is 1. The Kier molecular flexibility index (Phi) is 5.19. The van der Waals surface area contributed by atoms with E-state index in [1.807, 2.05) is 37.3 Å². The van der Waals surface area contributed by atoms with Crippen LogP contribution in [0.3, 0.4) is 0 Å². The van der Waals surface area contributed by atoms with Crippen molar-refractivity contribution in [2.24, 2.45) is 0 Å². The Morgan fingerprint density at radius 3 is 2.70 bits per heavy atom. The van der Waals surface area contributed by atoms with E-state index in [2.05, 4.69) is 10.1 Å². The van der Waals surface area contributed by atoms with Gasteiger partial charge in [-0.25, -0.2) is 9.67 Å². The van der Waals surface area contributed by atoms with Crippen molar-refractivity contribution in [3.63, 3.8) is 0 Å². The van der Waals surface area contributed by atoms with Gasteiger partial charge in [0.15, 0.2) is 0 Å². The molecule has 0 N–H and O–H groups in total. The molecule has 1 atom stereocenters. The zero-order valence-corrected chi connectivity index (χ0v) is 16.1. The van der Waals surface area contributed by atoms with Crippen LogP contribution >= 0.6 is 0 Å². The van der Waals surface area contributed by atoms with Gasteiger partial charge < -0.3 is 9.64 Å². The van der Waals surface area contributed by atoms with Gasteiger partial charge in [-0.05, 0) is 25.1 Å². The number of ether oxygens (including phenoxy) is 1. The summed E-state index contributed by atoms with van der Waals surface area (Å²) in [6.45, 7) is 2.54. The topological polar surface area (TPSA) is 60.3 Å². The van der Waals surface area contributed by atoms with Crippen molar-refractivity contribution in [3.05, 3.63) is 71.7 Å². The standard InChI is InChI=1S/C21H19F3N4O2/c1-14-18(12-26-28(14)16-5-3-2-4-6-16)20(29)27-10-8-17(13-27)30-19-11-15(7-9-25-19)21(22,23)24/h2-7,9,11-12,17H,8,10,13H2,1H3. The Morgan fingerprint density at radius 1 is 1.20 bits per heavy atom. The van der Waals surface area contributed by atoms with E-state index in [0.717, 1.165) is 29.7 Å². The molecule has 1 amide bonds. The molecule has 0 bridgehead atoms. The fourth-order valence-electron chi connectivity index (χ4n) is 3.45. The molecule has 2 aromatic heterocycles. The summed E-state index contributed by atoms with van der Waals surface area (Å²) in [5, 5.41) is 4.32. The monoisotopic (exact) mass is 416 g/mol. The molecule has 9 heteroatoms. The van der Waals surface area contributed by atoms with Crippen LogP contribution in [0.2, 0.25) is 0 Å². The van der Waals surface area contributed by atoms with E-state index < -0.39 is 17.8 Å². The minimum Gasteiger partial charge on any atom is -0.472 e. The molecule has 4 rings (SSSR count). The minimum absolute atomic E-state index is 0.0998. The second kappa shape index (κ2) is 7.81. The van der Waals surface area contributed by atoms with Gasteiger partial charge in [0.2, 0.25) is 5.88 Å². The average Bonchev–Trinajstić information content (AvgIpc) is 3.34. The van der Waals surface area contributed by atoms with Crippen LogP contribution in [0.4, 0.5) is 13.2 Å². The Labute approximate surface area is 170 Å². The van der Waals surface area contributed by atoms with Gasteiger partial charge in [0.05, 0.1) is 35.2 Å². The lowest BCUT2D eigenvalue weighted by Gasteiger charge is -2.17. The predicted octanol–water partition coefficient (Wildman–Crippen LogP) is 3.89. The number of halogens is 3. The number of alkyl halides is 3. The molecule has 0 aliphatic carbocycles. The first-order chi connectivity index (χ1) is 14.3. The van der Waals surface area contributed by atoms with E-state index >= 15 is 0 Å². The van der Waals surface area contributed by atoms with Gasteiger partial charge in [-0.2, -0.15) is 18.3 Å². The van der Waals surface area contributed by atoms with Crippen LogP contribution in [0.5, 0.6) is 5.88 Å². The molecule has 1 fully saturated rings. The van der Waals surface area contributed by atoms with E-state index in [9.17, 15) is 18.0 Å². The zero-order valence-electron chi connectivity index (χ0n) is 16.1. The first kappa shape index (κ1) is 19.9. The largest absolute Gasteiger partial charge is 0.472 e. The second-order valence-corrected chi connectivity index (χ2v) is 7.05. The van der Waals surface area contributed by atoms with Gasteiger partial charge in [0.25, 0.3) is 5.91 Å². The summed E-state index contributed by atoms with van der Waals surface area (Å²) < 4.78 is 45.9. The highest BCUT2D eigenvalue weighted by atomic mass is 19.4. The number of aromatic nitrogens is 3. The number of carbonyl (C=O) groups excluding carboxylic acids is 1. The molecule has 1 unspecified atom stereocenters. The molecule has 3 aromatic rings. The number of para-hydroxylation sites is 1. The minimum atomic E-state index is -4.46. The first-order valence-corrected chi connectivity index (χ1v) is 9.42. The number of hydrogen-bond acceptors (Lipinski definition) is 4. The van der Waals surface area contributed by atoms with Crippen molar-refractivity contribution >= 4 is 5.91 Å². The summed E-state index contributed by atoms with van der Waals surface area (Å²) in [6, 6.07) is 11.2. The first-order valence-electron chi connectivity index (χ1n) is 9.42. The molecular formula is C21H19F3N4O2. The molecular weight excluding hydrogens is 397 g/mol. The lowest BCUT2D eigenvalue weighted by Crippen LogP contribution is -2.31. The maximum Gasteiger partial charge on any atom is 0.416 e. The van der Waals surface area contributed by atoms with Gasteiger partial charge in [-0.3, -0.25) is 4.79 Å². The fourth-order valence-corrected chi connectivity index (χ4v) is 3.45. The lowest BCUT2D eigenvalue weighted by atomic mass is 10.2. The molecule has 1 aliphatic rings. The number of amides is 1. The fraction of sp³-hybridized carbons (Fsp3) is 0.286. The summed E-state index contributed by atoms with van der Waals surface area (Å²) in [4.78, 5) is 18.4. The third-order valence-electron chi connectivity index (χ3n) is 5.02. The summed E-state index contributed by atoms with van der Waals surface area (Å²) in [7, 11) is 0. The number of hydrogen-bond donors (Lipinski definition) is 0. The van der Waals surface area contributed by atoms with Gasteiger partial charge in [-0.15, -0.1) is 0 Å². The summed E-state index contributed by atoms with van der Waals surface area (Å²) in [5.41, 5.74) is 1.24. The number of nitrogens with zero attached hydrogens (tertiary/aromatic N) is 4. The molecule has 156 valence electrons. The molecule has 0 radical (unpaired) electrons. The summed E-state index contributed by atoms with van der Waals surface area (Å²) in [6.07, 6.45) is -1.77. The Bertz CT molecular complexity index is 1050. The number of carbonyl (C=O) groups is 1. The SMILES string of the molecule is Cc1c(C(=O)N2CCC(Oc3cc(C(F)(F)F)ccn3)C2)cnn1-c1ccccc1. The van der Waals surface area contributed by atoms with E-state index in [1.165, 1.54) is 6.20 Å². The molecule has 0 saturated carbocycles. The van der Waals surface area contributed by atoms with E-state index in [1.54, 1.807) is 9.58 Å². The summed E-state index contributed by atoms with van der Waals surface area (Å²) in [5.74, 6) is -0.282. The van der Waals surface area contributed by atoms with Crippen LogP contribution in [0.1, 0.15) is 28.0 Å². The average molecular weight is 416 g/mol. The van der Waals surface area contributed by atoms with Crippen LogP contribution in [0.25, 0.3) is 5.69 Å². The van der Waals surface area contributed by atoms with E-state index in [4.69, 9.17) is 4.74 Å². The second-order valence-electron chi connectivity index (χ2n) is 7.05. The highest BCUT2D eigenvalue weighted by molar-refractivity contribution is 5.95. The van der Waals surface area contributed by atoms with Crippen LogP contribution in [0, 0.1) is 6.92 Å². The van der Waals surface area contributed by atoms with Crippen LogP contribution in [0.15, 0.2) is 54.9 Å². The molecule has 6 nitrogen and oxygen atoms in total. The Hall–Kier alpha value is -3.36. The molecule has 30 heavy (non-hydrogen) atoms. The van der Waals surface area contributed by atoms with Crippen molar-refractivity contribution in [1.29, 1.82) is 0 Å².